The van der Waals surface area contributed by atoms with E-state index in [1.165, 1.54) is 19.4 Å². The number of H-pyrrole nitrogens is 1. The molecular formula is C19H28N6O8. The van der Waals surface area contributed by atoms with Crippen LogP contribution in [0.4, 0.5) is 0 Å². The summed E-state index contributed by atoms with van der Waals surface area (Å²) in [6.45, 7) is 1.41. The molecular weight excluding hydrogens is 440 g/mol. The molecule has 1 saturated heterocycles. The van der Waals surface area contributed by atoms with Gasteiger partial charge in [0.15, 0.2) is 0 Å². The van der Waals surface area contributed by atoms with Crippen molar-refractivity contribution in [2.24, 2.45) is 5.73 Å². The van der Waals surface area contributed by atoms with Crippen molar-refractivity contribution in [1.29, 1.82) is 0 Å². The second kappa shape index (κ2) is 11.4. The van der Waals surface area contributed by atoms with E-state index in [-0.39, 0.29) is 19.4 Å². The molecule has 14 heteroatoms. The third-order valence-electron chi connectivity index (χ3n) is 5.25. The summed E-state index contributed by atoms with van der Waals surface area (Å²) in [5.74, 6) is -5.18. The van der Waals surface area contributed by atoms with Crippen molar-refractivity contribution in [3.63, 3.8) is 0 Å². The second-order valence-electron chi connectivity index (χ2n) is 7.80. The Bertz CT molecular complexity index is 874. The van der Waals surface area contributed by atoms with Crippen LogP contribution in [-0.2, 0) is 30.4 Å². The molecule has 182 valence electrons. The lowest BCUT2D eigenvalue weighted by molar-refractivity contribution is -0.150. The number of aliphatic hydroxyl groups is 1. The van der Waals surface area contributed by atoms with Crippen LogP contribution in [0.1, 0.15) is 31.9 Å². The summed E-state index contributed by atoms with van der Waals surface area (Å²) in [5.41, 5.74) is 6.07. The Balaban J connectivity index is 2.22. The lowest BCUT2D eigenvalue weighted by atomic mass is 10.1. The number of imidazole rings is 1. The number of hydrogen-bond acceptors (Lipinski definition) is 8. The number of carboxylic acids is 2. The Hall–Kier alpha value is -3.52. The van der Waals surface area contributed by atoms with Gasteiger partial charge in [0, 0.05) is 24.9 Å². The molecule has 1 aliphatic rings. The average Bonchev–Trinajstić information content (AvgIpc) is 3.43. The van der Waals surface area contributed by atoms with Gasteiger partial charge < -0.3 is 41.6 Å². The number of carboxylic acid groups (broad SMARTS) is 2. The van der Waals surface area contributed by atoms with Gasteiger partial charge in [0.05, 0.1) is 18.9 Å². The zero-order chi connectivity index (χ0) is 24.7. The first-order valence-corrected chi connectivity index (χ1v) is 10.3. The number of carbonyl (C=O) groups is 5. The van der Waals surface area contributed by atoms with Crippen molar-refractivity contribution in [2.45, 2.75) is 62.9 Å². The third kappa shape index (κ3) is 6.98. The predicted molar refractivity (Wildman–Crippen MR) is 110 cm³/mol. The molecule has 1 aromatic heterocycles. The Morgan fingerprint density at radius 1 is 1.21 bits per heavy atom. The highest BCUT2D eigenvalue weighted by atomic mass is 16.4. The number of likely N-dealkylation sites (tertiary alicyclic amines) is 1. The van der Waals surface area contributed by atoms with Gasteiger partial charge in [-0.05, 0) is 19.8 Å². The van der Waals surface area contributed by atoms with Gasteiger partial charge in [0.1, 0.15) is 24.2 Å². The van der Waals surface area contributed by atoms with E-state index in [0.717, 1.165) is 4.90 Å². The quantitative estimate of drug-likeness (QED) is 0.176. The molecule has 0 aromatic carbocycles. The molecule has 33 heavy (non-hydrogen) atoms. The molecule has 0 radical (unpaired) electrons. The molecule has 5 unspecified atom stereocenters. The lowest BCUT2D eigenvalue weighted by Crippen LogP contribution is -2.59. The van der Waals surface area contributed by atoms with Gasteiger partial charge in [-0.2, -0.15) is 0 Å². The molecule has 1 aliphatic heterocycles. The van der Waals surface area contributed by atoms with Crippen LogP contribution in [0, 0.1) is 0 Å². The lowest BCUT2D eigenvalue weighted by Gasteiger charge is -2.28. The first-order valence-electron chi connectivity index (χ1n) is 10.3. The van der Waals surface area contributed by atoms with E-state index < -0.39 is 66.4 Å². The highest BCUT2D eigenvalue weighted by Crippen LogP contribution is 2.19. The fourth-order valence-electron chi connectivity index (χ4n) is 3.45. The molecule has 3 amide bonds. The normalized spacial score (nSPS) is 19.2. The van der Waals surface area contributed by atoms with Gasteiger partial charge >= 0.3 is 11.9 Å². The zero-order valence-corrected chi connectivity index (χ0v) is 17.9. The number of aromatic amines is 1. The van der Waals surface area contributed by atoms with Crippen LogP contribution in [0.3, 0.4) is 0 Å². The van der Waals surface area contributed by atoms with Crippen LogP contribution in [0.15, 0.2) is 12.5 Å². The summed E-state index contributed by atoms with van der Waals surface area (Å²) in [5, 5.41) is 32.8. The van der Waals surface area contributed by atoms with Crippen LogP contribution in [0.2, 0.25) is 0 Å². The Labute approximate surface area is 188 Å². The maximum Gasteiger partial charge on any atom is 0.326 e. The van der Waals surface area contributed by atoms with E-state index >= 15 is 0 Å². The largest absolute Gasteiger partial charge is 0.481 e. The second-order valence-corrected chi connectivity index (χ2v) is 7.80. The summed E-state index contributed by atoms with van der Waals surface area (Å²) in [7, 11) is 0. The van der Waals surface area contributed by atoms with Crippen molar-refractivity contribution in [3.8, 4) is 0 Å². The first-order chi connectivity index (χ1) is 15.5. The van der Waals surface area contributed by atoms with Crippen LogP contribution in [0.5, 0.6) is 0 Å². The molecule has 5 atom stereocenters. The van der Waals surface area contributed by atoms with Gasteiger partial charge in [-0.3, -0.25) is 19.2 Å². The summed E-state index contributed by atoms with van der Waals surface area (Å²) in [4.78, 5) is 68.6. The number of amides is 3. The Morgan fingerprint density at radius 2 is 1.88 bits per heavy atom. The number of nitrogens with one attached hydrogen (secondary N) is 3. The van der Waals surface area contributed by atoms with Gasteiger partial charge in [-0.1, -0.05) is 0 Å². The van der Waals surface area contributed by atoms with Crippen LogP contribution in [-0.4, -0.2) is 96.7 Å². The monoisotopic (exact) mass is 468 g/mol. The number of nitrogens with two attached hydrogens (primary N) is 1. The smallest absolute Gasteiger partial charge is 0.326 e. The van der Waals surface area contributed by atoms with E-state index in [0.29, 0.717) is 12.1 Å². The maximum atomic E-state index is 13.0. The molecule has 1 fully saturated rings. The van der Waals surface area contributed by atoms with Crippen molar-refractivity contribution in [2.75, 3.05) is 6.54 Å². The third-order valence-corrected chi connectivity index (χ3v) is 5.25. The number of aliphatic carboxylic acids is 2. The molecule has 0 saturated carbocycles. The molecule has 8 N–H and O–H groups in total. The van der Waals surface area contributed by atoms with E-state index in [2.05, 4.69) is 20.6 Å². The summed E-state index contributed by atoms with van der Waals surface area (Å²) < 4.78 is 0. The number of nitrogens with zero attached hydrogens (tertiary/aromatic N) is 2. The van der Waals surface area contributed by atoms with Crippen molar-refractivity contribution in [1.82, 2.24) is 25.5 Å². The summed E-state index contributed by atoms with van der Waals surface area (Å²) in [6.07, 6.45) is 1.30. The standard InChI is InChI=1S/C19H28N6O8/c1-9(26)15(20)17(30)23-11(5-10-7-21-8-22-10)16(29)24-12(6-14(27)28)18(31)25-4-2-3-13(25)19(32)33/h7-9,11-13,15,26H,2-6,20H2,1H3,(H,21,22)(H,23,30)(H,24,29)(H,27,28)(H,32,33). The van der Waals surface area contributed by atoms with Crippen LogP contribution < -0.4 is 16.4 Å². The molecule has 1 aromatic rings. The highest BCUT2D eigenvalue weighted by molar-refractivity contribution is 5.96. The van der Waals surface area contributed by atoms with Gasteiger partial charge in [0.2, 0.25) is 17.7 Å². The number of aliphatic hydroxyl groups excluding tert-OH is 1. The minimum absolute atomic E-state index is 0.0977. The van der Waals surface area contributed by atoms with Gasteiger partial charge in [-0.15, -0.1) is 0 Å². The van der Waals surface area contributed by atoms with Crippen LogP contribution >= 0.6 is 0 Å². The van der Waals surface area contributed by atoms with E-state index in [1.54, 1.807) is 0 Å². The molecule has 14 nitrogen and oxygen atoms in total. The number of rotatable bonds is 11. The summed E-state index contributed by atoms with van der Waals surface area (Å²) in [6, 6.07) is -5.29. The fraction of sp³-hybridized carbons (Fsp3) is 0.579. The fourth-order valence-corrected chi connectivity index (χ4v) is 3.45. The SMILES string of the molecule is CC(O)C(N)C(=O)NC(Cc1cnc[nH]1)C(=O)NC(CC(=O)O)C(=O)N1CCCC1C(=O)O. The Morgan fingerprint density at radius 3 is 2.42 bits per heavy atom. The van der Waals surface area contributed by atoms with Crippen molar-refractivity contribution < 1.29 is 39.3 Å². The number of hydrogen-bond donors (Lipinski definition) is 7. The van der Waals surface area contributed by atoms with E-state index in [9.17, 15) is 39.3 Å². The van der Waals surface area contributed by atoms with Crippen molar-refractivity contribution in [3.05, 3.63) is 18.2 Å². The average molecular weight is 468 g/mol. The molecule has 0 aliphatic carbocycles. The Kier molecular flexibility index (Phi) is 8.87. The van der Waals surface area contributed by atoms with Crippen molar-refractivity contribution >= 4 is 29.7 Å². The highest BCUT2D eigenvalue weighted by Gasteiger charge is 2.39. The minimum Gasteiger partial charge on any atom is -0.481 e. The maximum absolute atomic E-state index is 13.0. The molecule has 0 spiro atoms. The van der Waals surface area contributed by atoms with Gasteiger partial charge in [0.25, 0.3) is 0 Å². The molecule has 2 rings (SSSR count). The molecule has 0 bridgehead atoms. The summed E-state index contributed by atoms with van der Waals surface area (Å²) >= 11 is 0. The molecule has 2 heterocycles. The van der Waals surface area contributed by atoms with Crippen LogP contribution in [0.25, 0.3) is 0 Å². The topological polar surface area (TPSA) is 228 Å². The zero-order valence-electron chi connectivity index (χ0n) is 17.9. The first kappa shape index (κ1) is 25.7. The number of aromatic nitrogens is 2. The minimum atomic E-state index is -1.55. The van der Waals surface area contributed by atoms with E-state index in [4.69, 9.17) is 5.73 Å². The van der Waals surface area contributed by atoms with Gasteiger partial charge in [-0.25, -0.2) is 9.78 Å². The predicted octanol–water partition coefficient (Wildman–Crippen LogP) is -2.82. The van der Waals surface area contributed by atoms with E-state index in [1.807, 2.05) is 0 Å². The number of carbonyl (C=O) groups excluding carboxylic acids is 3.